The molecule has 7 nitrogen and oxygen atoms in total. The molecule has 0 aliphatic rings. The lowest BCUT2D eigenvalue weighted by Crippen LogP contribution is -2.27. The average Bonchev–Trinajstić information content (AvgIpc) is 2.84. The number of hydrogen-bond acceptors (Lipinski definition) is 5. The summed E-state index contributed by atoms with van der Waals surface area (Å²) < 4.78 is 28.3. The van der Waals surface area contributed by atoms with Crippen molar-refractivity contribution in [3.63, 3.8) is 0 Å². The molecule has 0 radical (unpaired) electrons. The molecule has 0 fully saturated rings. The number of aryl methyl sites for hydroxylation is 1. The molecule has 0 unspecified atom stereocenters. The van der Waals surface area contributed by atoms with E-state index < -0.39 is 10.0 Å². The first-order valence-corrected chi connectivity index (χ1v) is 7.34. The predicted molar refractivity (Wildman–Crippen MR) is 71.1 cm³/mol. The number of aromatic nitrogens is 3. The highest BCUT2D eigenvalue weighted by atomic mass is 32.2. The molecule has 0 aromatic carbocycles. The first kappa shape index (κ1) is 14.2. The Morgan fingerprint density at radius 2 is 2.25 bits per heavy atom. The van der Waals surface area contributed by atoms with Gasteiger partial charge in [-0.05, 0) is 18.2 Å². The summed E-state index contributed by atoms with van der Waals surface area (Å²) in [5, 5.41) is 13.0. The van der Waals surface area contributed by atoms with Gasteiger partial charge in [0.25, 0.3) is 0 Å². The molecule has 0 aliphatic carbocycles. The van der Waals surface area contributed by atoms with Crippen molar-refractivity contribution in [2.24, 2.45) is 7.05 Å². The standard InChI is InChI=1S/C12H13N5O2S/c1-17-8-5-10(16-17)4-7-15-20(18,19)12-3-2-6-14-11(12)9-13/h2-3,5-6,8,15H,4,7H2,1H3. The third kappa shape index (κ3) is 3.20. The zero-order valence-corrected chi connectivity index (χ0v) is 11.6. The lowest BCUT2D eigenvalue weighted by Gasteiger charge is -2.06. The van der Waals surface area contributed by atoms with E-state index in [9.17, 15) is 8.42 Å². The third-order valence-electron chi connectivity index (χ3n) is 2.61. The van der Waals surface area contributed by atoms with E-state index in [1.165, 1.54) is 18.3 Å². The second-order valence-electron chi connectivity index (χ2n) is 4.09. The Hall–Kier alpha value is -2.24. The monoisotopic (exact) mass is 291 g/mol. The molecule has 20 heavy (non-hydrogen) atoms. The van der Waals surface area contributed by atoms with Gasteiger partial charge < -0.3 is 0 Å². The first-order chi connectivity index (χ1) is 9.53. The molecule has 0 atom stereocenters. The van der Waals surface area contributed by atoms with Crippen LogP contribution >= 0.6 is 0 Å². The van der Waals surface area contributed by atoms with Crippen LogP contribution in [0.5, 0.6) is 0 Å². The first-order valence-electron chi connectivity index (χ1n) is 5.86. The van der Waals surface area contributed by atoms with Gasteiger partial charge in [0.2, 0.25) is 10.0 Å². The number of nitrogens with one attached hydrogen (secondary N) is 1. The smallest absolute Gasteiger partial charge is 0.243 e. The summed E-state index contributed by atoms with van der Waals surface area (Å²) >= 11 is 0. The highest BCUT2D eigenvalue weighted by molar-refractivity contribution is 7.89. The molecule has 0 bridgehead atoms. The summed E-state index contributed by atoms with van der Waals surface area (Å²) in [4.78, 5) is 3.63. The minimum absolute atomic E-state index is 0.108. The van der Waals surface area contributed by atoms with Gasteiger partial charge in [-0.3, -0.25) is 4.68 Å². The normalized spacial score (nSPS) is 11.2. The fourth-order valence-corrected chi connectivity index (χ4v) is 2.82. The van der Waals surface area contributed by atoms with Crippen molar-refractivity contribution in [2.45, 2.75) is 11.3 Å². The highest BCUT2D eigenvalue weighted by Crippen LogP contribution is 2.11. The van der Waals surface area contributed by atoms with Crippen LogP contribution in [0.1, 0.15) is 11.4 Å². The fourth-order valence-electron chi connectivity index (χ4n) is 1.68. The van der Waals surface area contributed by atoms with Gasteiger partial charge in [0, 0.05) is 32.4 Å². The second-order valence-corrected chi connectivity index (χ2v) is 5.83. The molecule has 2 heterocycles. The predicted octanol–water partition coefficient (Wildman–Crippen LogP) is 0.208. The SMILES string of the molecule is Cn1ccc(CCNS(=O)(=O)c2cccnc2C#N)n1. The molecule has 8 heteroatoms. The average molecular weight is 291 g/mol. The van der Waals surface area contributed by atoms with Gasteiger partial charge >= 0.3 is 0 Å². The summed E-state index contributed by atoms with van der Waals surface area (Å²) in [5.74, 6) is 0. The Kier molecular flexibility index (Phi) is 4.12. The molecule has 0 spiro atoms. The van der Waals surface area contributed by atoms with Crippen LogP contribution < -0.4 is 4.72 Å². The molecule has 0 saturated heterocycles. The maximum absolute atomic E-state index is 12.1. The molecule has 0 saturated carbocycles. The number of pyridine rings is 1. The van der Waals surface area contributed by atoms with Gasteiger partial charge in [0.1, 0.15) is 11.0 Å². The van der Waals surface area contributed by atoms with E-state index >= 15 is 0 Å². The zero-order chi connectivity index (χ0) is 14.6. The Labute approximate surface area is 116 Å². The molecule has 2 aromatic heterocycles. The second kappa shape index (κ2) is 5.81. The van der Waals surface area contributed by atoms with Crippen LogP contribution in [0.4, 0.5) is 0 Å². The summed E-state index contributed by atoms with van der Waals surface area (Å²) in [7, 11) is -1.94. The largest absolute Gasteiger partial charge is 0.276 e. The molecule has 0 amide bonds. The van der Waals surface area contributed by atoms with Crippen molar-refractivity contribution in [1.29, 1.82) is 5.26 Å². The van der Waals surface area contributed by atoms with Gasteiger partial charge in [-0.15, -0.1) is 0 Å². The molecule has 2 rings (SSSR count). The lowest BCUT2D eigenvalue weighted by molar-refractivity contribution is 0.580. The molecular formula is C12H13N5O2S. The summed E-state index contributed by atoms with van der Waals surface area (Å²) in [5.41, 5.74) is 0.680. The van der Waals surface area contributed by atoms with E-state index in [-0.39, 0.29) is 17.1 Å². The van der Waals surface area contributed by atoms with Crippen LogP contribution in [-0.2, 0) is 23.5 Å². The van der Waals surface area contributed by atoms with Crippen molar-refractivity contribution in [3.8, 4) is 6.07 Å². The minimum atomic E-state index is -3.74. The number of hydrogen-bond donors (Lipinski definition) is 1. The molecule has 1 N–H and O–H groups in total. The Morgan fingerprint density at radius 3 is 2.90 bits per heavy atom. The molecule has 0 aliphatic heterocycles. The van der Waals surface area contributed by atoms with Gasteiger partial charge in [-0.1, -0.05) is 0 Å². The van der Waals surface area contributed by atoms with E-state index in [0.29, 0.717) is 6.42 Å². The summed E-state index contributed by atoms with van der Waals surface area (Å²) in [6.07, 6.45) is 3.65. The van der Waals surface area contributed by atoms with E-state index in [2.05, 4.69) is 14.8 Å². The molecule has 104 valence electrons. The quantitative estimate of drug-likeness (QED) is 0.848. The van der Waals surface area contributed by atoms with Crippen molar-refractivity contribution in [1.82, 2.24) is 19.5 Å². The van der Waals surface area contributed by atoms with Crippen LogP contribution in [0.15, 0.2) is 35.5 Å². The van der Waals surface area contributed by atoms with Gasteiger partial charge in [-0.2, -0.15) is 10.4 Å². The highest BCUT2D eigenvalue weighted by Gasteiger charge is 2.18. The van der Waals surface area contributed by atoms with E-state index in [4.69, 9.17) is 5.26 Å². The summed E-state index contributed by atoms with van der Waals surface area (Å²) in [6.45, 7) is 0.207. The minimum Gasteiger partial charge on any atom is -0.276 e. The van der Waals surface area contributed by atoms with E-state index in [0.717, 1.165) is 5.69 Å². The zero-order valence-electron chi connectivity index (χ0n) is 10.8. The fraction of sp³-hybridized carbons (Fsp3) is 0.250. The third-order valence-corrected chi connectivity index (χ3v) is 4.10. The lowest BCUT2D eigenvalue weighted by atomic mass is 10.3. The summed E-state index contributed by atoms with van der Waals surface area (Å²) in [6, 6.07) is 6.42. The Bertz CT molecular complexity index is 745. The topological polar surface area (TPSA) is 101 Å². The number of sulfonamides is 1. The van der Waals surface area contributed by atoms with Crippen LogP contribution in [0, 0.1) is 11.3 Å². The van der Waals surface area contributed by atoms with Gasteiger partial charge in [0.05, 0.1) is 5.69 Å². The van der Waals surface area contributed by atoms with Crippen molar-refractivity contribution in [2.75, 3.05) is 6.54 Å². The van der Waals surface area contributed by atoms with Crippen molar-refractivity contribution in [3.05, 3.63) is 42.0 Å². The van der Waals surface area contributed by atoms with Gasteiger partial charge in [-0.25, -0.2) is 18.1 Å². The van der Waals surface area contributed by atoms with E-state index in [1.54, 1.807) is 24.0 Å². The maximum atomic E-state index is 12.1. The van der Waals surface area contributed by atoms with Crippen LogP contribution in [0.25, 0.3) is 0 Å². The van der Waals surface area contributed by atoms with Crippen LogP contribution in [0.2, 0.25) is 0 Å². The number of nitriles is 1. The number of nitrogens with zero attached hydrogens (tertiary/aromatic N) is 4. The maximum Gasteiger partial charge on any atom is 0.243 e. The van der Waals surface area contributed by atoms with Crippen molar-refractivity contribution >= 4 is 10.0 Å². The van der Waals surface area contributed by atoms with Crippen molar-refractivity contribution < 1.29 is 8.42 Å². The number of rotatable bonds is 5. The van der Waals surface area contributed by atoms with Gasteiger partial charge in [0.15, 0.2) is 5.69 Å². The Morgan fingerprint density at radius 1 is 1.45 bits per heavy atom. The van der Waals surface area contributed by atoms with Crippen LogP contribution in [-0.4, -0.2) is 29.7 Å². The molecule has 2 aromatic rings. The Balaban J connectivity index is 2.06. The molecular weight excluding hydrogens is 278 g/mol. The van der Waals surface area contributed by atoms with E-state index in [1.807, 2.05) is 6.07 Å². The van der Waals surface area contributed by atoms with Crippen LogP contribution in [0.3, 0.4) is 0 Å².